The lowest BCUT2D eigenvalue weighted by molar-refractivity contribution is 0.383. The molecule has 1 aliphatic carbocycles. The predicted molar refractivity (Wildman–Crippen MR) is 56.9 cm³/mol. The minimum Gasteiger partial charge on any atom is -0.198 e. The monoisotopic (exact) mass is 185 g/mol. The van der Waals surface area contributed by atoms with Crippen molar-refractivity contribution in [3.8, 4) is 6.07 Å². The van der Waals surface area contributed by atoms with E-state index >= 15 is 0 Å². The number of hydrogen-bond donors (Lipinski definition) is 0. The number of fused-ring (bicyclic) bond motifs is 1. The molecule has 1 aromatic carbocycles. The molecule has 0 radical (unpaired) electrons. The van der Waals surface area contributed by atoms with Gasteiger partial charge in [0.2, 0.25) is 0 Å². The summed E-state index contributed by atoms with van der Waals surface area (Å²) in [5.41, 5.74) is 2.59. The standard InChI is InChI=1S/C13H15N/c1-13(2,9-14)12-8-7-10-5-3-4-6-11(10)12/h3-6,12H,7-8H2,1-2H3. The van der Waals surface area contributed by atoms with Crippen LogP contribution in [0.25, 0.3) is 0 Å². The Balaban J connectivity index is 2.41. The summed E-state index contributed by atoms with van der Waals surface area (Å²) in [7, 11) is 0. The van der Waals surface area contributed by atoms with E-state index in [1.54, 1.807) is 0 Å². The Bertz CT molecular complexity index is 384. The third-order valence-corrected chi connectivity index (χ3v) is 3.29. The van der Waals surface area contributed by atoms with Gasteiger partial charge in [-0.15, -0.1) is 0 Å². The average molecular weight is 185 g/mol. The molecule has 1 aromatic rings. The van der Waals surface area contributed by atoms with E-state index in [9.17, 15) is 0 Å². The Morgan fingerprint density at radius 3 is 2.79 bits per heavy atom. The molecule has 1 heteroatoms. The Hall–Kier alpha value is -1.29. The van der Waals surface area contributed by atoms with Gasteiger partial charge in [-0.3, -0.25) is 0 Å². The number of benzene rings is 1. The van der Waals surface area contributed by atoms with E-state index in [1.165, 1.54) is 11.1 Å². The van der Waals surface area contributed by atoms with Crippen molar-refractivity contribution in [2.24, 2.45) is 5.41 Å². The van der Waals surface area contributed by atoms with Gasteiger partial charge in [-0.1, -0.05) is 24.3 Å². The van der Waals surface area contributed by atoms with Gasteiger partial charge < -0.3 is 0 Å². The lowest BCUT2D eigenvalue weighted by atomic mass is 9.77. The number of nitrogens with zero attached hydrogens (tertiary/aromatic N) is 1. The predicted octanol–water partition coefficient (Wildman–Crippen LogP) is 3.27. The van der Waals surface area contributed by atoms with Crippen LogP contribution in [0, 0.1) is 16.7 Å². The Morgan fingerprint density at radius 2 is 2.07 bits per heavy atom. The molecule has 0 N–H and O–H groups in total. The summed E-state index contributed by atoms with van der Waals surface area (Å²) in [6.45, 7) is 4.08. The minimum atomic E-state index is -0.230. The summed E-state index contributed by atoms with van der Waals surface area (Å²) in [5, 5.41) is 9.13. The summed E-state index contributed by atoms with van der Waals surface area (Å²) in [4.78, 5) is 0. The zero-order valence-electron chi connectivity index (χ0n) is 8.75. The van der Waals surface area contributed by atoms with Crippen molar-refractivity contribution >= 4 is 0 Å². The molecule has 0 fully saturated rings. The summed E-state index contributed by atoms with van der Waals surface area (Å²) in [6, 6.07) is 10.9. The molecule has 0 aliphatic heterocycles. The molecule has 0 bridgehead atoms. The van der Waals surface area contributed by atoms with Crippen LogP contribution in [-0.2, 0) is 6.42 Å². The minimum absolute atomic E-state index is 0.230. The largest absolute Gasteiger partial charge is 0.198 e. The van der Waals surface area contributed by atoms with Crippen molar-refractivity contribution in [1.29, 1.82) is 5.26 Å². The van der Waals surface area contributed by atoms with Gasteiger partial charge >= 0.3 is 0 Å². The van der Waals surface area contributed by atoms with E-state index in [2.05, 4.69) is 30.3 Å². The summed E-state index contributed by atoms with van der Waals surface area (Å²) in [5.74, 6) is 0.420. The quantitative estimate of drug-likeness (QED) is 0.658. The van der Waals surface area contributed by atoms with Crippen LogP contribution < -0.4 is 0 Å². The van der Waals surface area contributed by atoms with E-state index < -0.39 is 0 Å². The highest BCUT2D eigenvalue weighted by atomic mass is 14.4. The SMILES string of the molecule is CC(C)(C#N)C1CCc2ccccc21. The van der Waals surface area contributed by atoms with E-state index in [-0.39, 0.29) is 5.41 Å². The van der Waals surface area contributed by atoms with E-state index in [0.717, 1.165) is 12.8 Å². The molecule has 14 heavy (non-hydrogen) atoms. The molecular weight excluding hydrogens is 170 g/mol. The van der Waals surface area contributed by atoms with Gasteiger partial charge in [-0.05, 0) is 37.8 Å². The highest BCUT2D eigenvalue weighted by Gasteiger charge is 2.35. The molecule has 72 valence electrons. The third-order valence-electron chi connectivity index (χ3n) is 3.29. The molecule has 0 aromatic heterocycles. The molecule has 0 saturated carbocycles. The van der Waals surface area contributed by atoms with Gasteiger partial charge in [0.1, 0.15) is 0 Å². The van der Waals surface area contributed by atoms with Crippen molar-refractivity contribution in [2.45, 2.75) is 32.6 Å². The van der Waals surface area contributed by atoms with Crippen LogP contribution in [0.15, 0.2) is 24.3 Å². The summed E-state index contributed by atoms with van der Waals surface area (Å²) < 4.78 is 0. The molecule has 0 heterocycles. The average Bonchev–Trinajstić information content (AvgIpc) is 2.61. The van der Waals surface area contributed by atoms with Crippen molar-refractivity contribution in [3.63, 3.8) is 0 Å². The van der Waals surface area contributed by atoms with Crippen LogP contribution in [0.2, 0.25) is 0 Å². The Morgan fingerprint density at radius 1 is 1.36 bits per heavy atom. The topological polar surface area (TPSA) is 23.8 Å². The second-order valence-corrected chi connectivity index (χ2v) is 4.62. The van der Waals surface area contributed by atoms with Crippen molar-refractivity contribution in [3.05, 3.63) is 35.4 Å². The smallest absolute Gasteiger partial charge is 0.0690 e. The van der Waals surface area contributed by atoms with Gasteiger partial charge in [0, 0.05) is 5.92 Å². The van der Waals surface area contributed by atoms with Gasteiger partial charge in [0.05, 0.1) is 11.5 Å². The number of nitriles is 1. The fourth-order valence-electron chi connectivity index (χ4n) is 2.38. The van der Waals surface area contributed by atoms with Gasteiger partial charge in [-0.2, -0.15) is 5.26 Å². The van der Waals surface area contributed by atoms with Crippen molar-refractivity contribution < 1.29 is 0 Å². The zero-order chi connectivity index (χ0) is 10.2. The second-order valence-electron chi connectivity index (χ2n) is 4.62. The molecule has 1 nitrogen and oxygen atoms in total. The lowest BCUT2D eigenvalue weighted by Crippen LogP contribution is -2.17. The van der Waals surface area contributed by atoms with Gasteiger partial charge in [0.25, 0.3) is 0 Å². The number of aryl methyl sites for hydroxylation is 1. The first-order valence-electron chi connectivity index (χ1n) is 5.14. The van der Waals surface area contributed by atoms with Crippen LogP contribution in [-0.4, -0.2) is 0 Å². The number of rotatable bonds is 1. The fourth-order valence-corrected chi connectivity index (χ4v) is 2.38. The first-order chi connectivity index (χ1) is 6.65. The fraction of sp³-hybridized carbons (Fsp3) is 0.462. The zero-order valence-corrected chi connectivity index (χ0v) is 8.75. The molecule has 0 amide bonds. The van der Waals surface area contributed by atoms with E-state index in [1.807, 2.05) is 13.8 Å². The molecule has 1 unspecified atom stereocenters. The highest BCUT2D eigenvalue weighted by molar-refractivity contribution is 5.37. The highest BCUT2D eigenvalue weighted by Crippen LogP contribution is 2.44. The first-order valence-corrected chi connectivity index (χ1v) is 5.14. The number of hydrogen-bond acceptors (Lipinski definition) is 1. The van der Waals surface area contributed by atoms with Crippen molar-refractivity contribution in [1.82, 2.24) is 0 Å². The van der Waals surface area contributed by atoms with Crippen LogP contribution in [0.3, 0.4) is 0 Å². The Kier molecular flexibility index (Phi) is 2.07. The van der Waals surface area contributed by atoms with Crippen LogP contribution in [0.4, 0.5) is 0 Å². The van der Waals surface area contributed by atoms with Crippen molar-refractivity contribution in [2.75, 3.05) is 0 Å². The first kappa shape index (κ1) is 9.27. The Labute approximate surface area is 85.4 Å². The maximum absolute atomic E-state index is 9.13. The molecular formula is C13H15N. The van der Waals surface area contributed by atoms with Crippen LogP contribution >= 0.6 is 0 Å². The van der Waals surface area contributed by atoms with Gasteiger partial charge in [0.15, 0.2) is 0 Å². The molecule has 0 spiro atoms. The second kappa shape index (κ2) is 3.13. The lowest BCUT2D eigenvalue weighted by Gasteiger charge is -2.24. The van der Waals surface area contributed by atoms with E-state index in [0.29, 0.717) is 5.92 Å². The molecule has 1 atom stereocenters. The van der Waals surface area contributed by atoms with Crippen LogP contribution in [0.5, 0.6) is 0 Å². The molecule has 2 rings (SSSR count). The maximum Gasteiger partial charge on any atom is 0.0690 e. The normalized spacial score (nSPS) is 20.2. The summed E-state index contributed by atoms with van der Waals surface area (Å²) >= 11 is 0. The summed E-state index contributed by atoms with van der Waals surface area (Å²) in [6.07, 6.45) is 2.26. The molecule has 0 saturated heterocycles. The van der Waals surface area contributed by atoms with Crippen LogP contribution in [0.1, 0.15) is 37.3 Å². The van der Waals surface area contributed by atoms with E-state index in [4.69, 9.17) is 5.26 Å². The van der Waals surface area contributed by atoms with Gasteiger partial charge in [-0.25, -0.2) is 0 Å². The molecule has 1 aliphatic rings. The third kappa shape index (κ3) is 1.32. The maximum atomic E-state index is 9.13.